The number of carbonyl (C=O) groups excluding carboxylic acids is 2. The zero-order valence-corrected chi connectivity index (χ0v) is 8.71. The van der Waals surface area contributed by atoms with E-state index in [0.717, 1.165) is 6.08 Å². The second-order valence-corrected chi connectivity index (χ2v) is 2.94. The minimum absolute atomic E-state index is 0.172. The molecule has 0 fully saturated rings. The first-order valence-corrected chi connectivity index (χ1v) is 4.64. The quantitative estimate of drug-likeness (QED) is 0.685. The Morgan fingerprint density at radius 1 is 1.47 bits per heavy atom. The van der Waals surface area contributed by atoms with Crippen LogP contribution in [0.4, 0.5) is 0 Å². The predicted octanol–water partition coefficient (Wildman–Crippen LogP) is -0.225. The Morgan fingerprint density at radius 2 is 2.24 bits per heavy atom. The van der Waals surface area contributed by atoms with E-state index in [1.807, 2.05) is 0 Å². The molecule has 1 amide bonds. The SMILES string of the molecule is O=[C]CNC(=O)C=C(C(=O)O)c1ccccn1. The number of hydrogen-bond acceptors (Lipinski definition) is 4. The monoisotopic (exact) mass is 233 g/mol. The van der Waals surface area contributed by atoms with Gasteiger partial charge >= 0.3 is 5.97 Å². The molecule has 0 bridgehead atoms. The Hall–Kier alpha value is -2.50. The molecule has 1 heterocycles. The van der Waals surface area contributed by atoms with Crippen LogP contribution in [0.5, 0.6) is 0 Å². The molecular weight excluding hydrogens is 224 g/mol. The number of carbonyl (C=O) groups is 2. The number of amides is 1. The van der Waals surface area contributed by atoms with Crippen LogP contribution in [-0.2, 0) is 14.4 Å². The van der Waals surface area contributed by atoms with Crippen LogP contribution in [0, 0.1) is 0 Å². The topological polar surface area (TPSA) is 96.4 Å². The summed E-state index contributed by atoms with van der Waals surface area (Å²) in [5, 5.41) is 11.1. The van der Waals surface area contributed by atoms with Crippen molar-refractivity contribution >= 4 is 23.7 Å². The molecule has 0 saturated carbocycles. The molecule has 1 aromatic rings. The van der Waals surface area contributed by atoms with Crippen LogP contribution >= 0.6 is 0 Å². The maximum absolute atomic E-state index is 11.2. The first kappa shape index (κ1) is 12.6. The normalized spacial score (nSPS) is 10.7. The largest absolute Gasteiger partial charge is 0.478 e. The van der Waals surface area contributed by atoms with Gasteiger partial charge in [0.15, 0.2) is 0 Å². The van der Waals surface area contributed by atoms with Gasteiger partial charge in [-0.25, -0.2) is 4.79 Å². The van der Waals surface area contributed by atoms with E-state index < -0.39 is 11.9 Å². The standard InChI is InChI=1S/C11H9N2O4/c14-6-5-13-10(15)7-8(11(16)17)9-3-1-2-4-12-9/h1-4,7H,5H2,(H,13,15)(H,16,17). The number of carboxylic acids is 1. The zero-order chi connectivity index (χ0) is 12.7. The van der Waals surface area contributed by atoms with Crippen LogP contribution in [0.15, 0.2) is 30.5 Å². The van der Waals surface area contributed by atoms with Gasteiger partial charge in [-0.15, -0.1) is 0 Å². The molecule has 0 atom stereocenters. The van der Waals surface area contributed by atoms with Crippen molar-refractivity contribution in [3.63, 3.8) is 0 Å². The average molecular weight is 233 g/mol. The molecule has 0 aliphatic carbocycles. The van der Waals surface area contributed by atoms with Gasteiger partial charge in [0.2, 0.25) is 12.2 Å². The van der Waals surface area contributed by atoms with E-state index in [4.69, 9.17) is 5.11 Å². The number of rotatable bonds is 5. The highest BCUT2D eigenvalue weighted by molar-refractivity contribution is 6.19. The summed E-state index contributed by atoms with van der Waals surface area (Å²) in [6.45, 7) is -0.287. The summed E-state index contributed by atoms with van der Waals surface area (Å²) >= 11 is 0. The second-order valence-electron chi connectivity index (χ2n) is 2.94. The van der Waals surface area contributed by atoms with Gasteiger partial charge in [0.25, 0.3) is 0 Å². The van der Waals surface area contributed by atoms with Gasteiger partial charge in [-0.3, -0.25) is 14.6 Å². The summed E-state index contributed by atoms with van der Waals surface area (Å²) in [6.07, 6.45) is 3.76. The third-order valence-corrected chi connectivity index (χ3v) is 1.78. The fraction of sp³-hybridized carbons (Fsp3) is 0.0909. The Kier molecular flexibility index (Phi) is 4.56. The van der Waals surface area contributed by atoms with Crippen LogP contribution < -0.4 is 5.32 Å². The van der Waals surface area contributed by atoms with Crippen molar-refractivity contribution in [3.8, 4) is 0 Å². The van der Waals surface area contributed by atoms with E-state index in [2.05, 4.69) is 10.3 Å². The summed E-state index contributed by atoms with van der Waals surface area (Å²) in [6, 6.07) is 4.71. The summed E-state index contributed by atoms with van der Waals surface area (Å²) in [5.41, 5.74) is -0.0702. The van der Waals surface area contributed by atoms with Crippen LogP contribution in [-0.4, -0.2) is 34.8 Å². The molecule has 0 aliphatic heterocycles. The van der Waals surface area contributed by atoms with E-state index in [9.17, 15) is 14.4 Å². The van der Waals surface area contributed by atoms with Gasteiger partial charge < -0.3 is 10.4 Å². The van der Waals surface area contributed by atoms with Crippen molar-refractivity contribution in [2.45, 2.75) is 0 Å². The molecule has 6 nitrogen and oxygen atoms in total. The third kappa shape index (κ3) is 3.86. The minimum Gasteiger partial charge on any atom is -0.478 e. The van der Waals surface area contributed by atoms with Gasteiger partial charge in [-0.1, -0.05) is 6.07 Å². The van der Waals surface area contributed by atoms with Crippen molar-refractivity contribution < 1.29 is 19.5 Å². The molecular formula is C11H9N2O4. The van der Waals surface area contributed by atoms with Gasteiger partial charge in [0.1, 0.15) is 0 Å². The Labute approximate surface area is 97.0 Å². The predicted molar refractivity (Wildman–Crippen MR) is 58.6 cm³/mol. The lowest BCUT2D eigenvalue weighted by molar-refractivity contribution is -0.130. The van der Waals surface area contributed by atoms with Gasteiger partial charge in [0, 0.05) is 12.3 Å². The van der Waals surface area contributed by atoms with Crippen LogP contribution in [0.1, 0.15) is 5.69 Å². The molecule has 6 heteroatoms. The fourth-order valence-electron chi connectivity index (χ4n) is 1.07. The van der Waals surface area contributed by atoms with Crippen molar-refractivity contribution in [1.82, 2.24) is 10.3 Å². The first-order valence-electron chi connectivity index (χ1n) is 4.64. The highest BCUT2D eigenvalue weighted by Crippen LogP contribution is 2.10. The van der Waals surface area contributed by atoms with Crippen LogP contribution in [0.2, 0.25) is 0 Å². The van der Waals surface area contributed by atoms with Crippen molar-refractivity contribution in [2.24, 2.45) is 0 Å². The minimum atomic E-state index is -1.27. The molecule has 87 valence electrons. The lowest BCUT2D eigenvalue weighted by Gasteiger charge is -2.01. The molecule has 1 rings (SSSR count). The molecule has 0 unspecified atom stereocenters. The van der Waals surface area contributed by atoms with E-state index in [1.165, 1.54) is 18.5 Å². The highest BCUT2D eigenvalue weighted by atomic mass is 16.4. The third-order valence-electron chi connectivity index (χ3n) is 1.78. The van der Waals surface area contributed by atoms with Crippen molar-refractivity contribution in [2.75, 3.05) is 6.54 Å². The molecule has 0 aromatic carbocycles. The fourth-order valence-corrected chi connectivity index (χ4v) is 1.07. The number of nitrogens with zero attached hydrogens (tertiary/aromatic N) is 1. The van der Waals surface area contributed by atoms with Crippen molar-refractivity contribution in [3.05, 3.63) is 36.2 Å². The number of nitrogens with one attached hydrogen (secondary N) is 1. The number of hydrogen-bond donors (Lipinski definition) is 2. The smallest absolute Gasteiger partial charge is 0.338 e. The Morgan fingerprint density at radius 3 is 2.76 bits per heavy atom. The highest BCUT2D eigenvalue weighted by Gasteiger charge is 2.13. The molecule has 1 aromatic heterocycles. The van der Waals surface area contributed by atoms with Crippen LogP contribution in [0.25, 0.3) is 5.57 Å². The number of pyridine rings is 1. The van der Waals surface area contributed by atoms with E-state index in [0.29, 0.717) is 0 Å². The molecule has 1 radical (unpaired) electrons. The molecule has 2 N–H and O–H groups in total. The Balaban J connectivity index is 2.94. The summed E-state index contributed by atoms with van der Waals surface area (Å²) < 4.78 is 0. The molecule has 0 spiro atoms. The van der Waals surface area contributed by atoms with Crippen molar-refractivity contribution in [1.29, 1.82) is 0 Å². The zero-order valence-electron chi connectivity index (χ0n) is 8.71. The van der Waals surface area contributed by atoms with Gasteiger partial charge in [-0.05, 0) is 12.1 Å². The first-order chi connectivity index (χ1) is 8.15. The van der Waals surface area contributed by atoms with E-state index >= 15 is 0 Å². The maximum atomic E-state index is 11.2. The van der Waals surface area contributed by atoms with E-state index in [1.54, 1.807) is 12.1 Å². The summed E-state index contributed by atoms with van der Waals surface area (Å²) in [4.78, 5) is 35.9. The lowest BCUT2D eigenvalue weighted by atomic mass is 10.1. The number of aromatic nitrogens is 1. The average Bonchev–Trinajstić information content (AvgIpc) is 2.34. The Bertz CT molecular complexity index is 454. The second kappa shape index (κ2) is 6.16. The molecule has 17 heavy (non-hydrogen) atoms. The molecule has 0 saturated heterocycles. The number of aliphatic carboxylic acids is 1. The van der Waals surface area contributed by atoms with Gasteiger partial charge in [0.05, 0.1) is 17.8 Å². The van der Waals surface area contributed by atoms with Gasteiger partial charge in [-0.2, -0.15) is 0 Å². The molecule has 0 aliphatic rings. The van der Waals surface area contributed by atoms with Crippen LogP contribution in [0.3, 0.4) is 0 Å². The van der Waals surface area contributed by atoms with E-state index in [-0.39, 0.29) is 17.8 Å². The summed E-state index contributed by atoms with van der Waals surface area (Å²) in [7, 11) is 0. The number of carboxylic acid groups (broad SMARTS) is 1. The maximum Gasteiger partial charge on any atom is 0.338 e. The lowest BCUT2D eigenvalue weighted by Crippen LogP contribution is -2.23. The summed E-state index contributed by atoms with van der Waals surface area (Å²) in [5.74, 6) is -1.95.